The van der Waals surface area contributed by atoms with Crippen LogP contribution in [0.3, 0.4) is 0 Å². The van der Waals surface area contributed by atoms with Crippen molar-refractivity contribution in [1.29, 1.82) is 0 Å². The van der Waals surface area contributed by atoms with Crippen LogP contribution in [0.25, 0.3) is 11.1 Å². The smallest absolute Gasteiger partial charge is 0.244 e. The minimum Gasteiger partial charge on any atom is -0.305 e. The highest BCUT2D eigenvalue weighted by Crippen LogP contribution is 2.30. The van der Waals surface area contributed by atoms with Gasteiger partial charge in [-0.1, -0.05) is 18.2 Å². The second-order valence-corrected chi connectivity index (χ2v) is 9.49. The number of halogens is 2. The van der Waals surface area contributed by atoms with Gasteiger partial charge in [-0.3, -0.25) is 0 Å². The number of sulfonamides is 1. The summed E-state index contributed by atoms with van der Waals surface area (Å²) in [5, 5.41) is 0. The van der Waals surface area contributed by atoms with Crippen LogP contribution in [0.1, 0.15) is 6.42 Å². The quantitative estimate of drug-likeness (QED) is 0.638. The van der Waals surface area contributed by atoms with Crippen LogP contribution in [0.15, 0.2) is 47.4 Å². The van der Waals surface area contributed by atoms with Crippen molar-refractivity contribution in [2.75, 3.05) is 27.2 Å². The first kappa shape index (κ1) is 18.8. The van der Waals surface area contributed by atoms with Crippen LogP contribution in [0.2, 0.25) is 0 Å². The molecule has 25 heavy (non-hydrogen) atoms. The van der Waals surface area contributed by atoms with E-state index in [0.29, 0.717) is 21.6 Å². The van der Waals surface area contributed by atoms with Crippen LogP contribution >= 0.6 is 22.6 Å². The number of hydrogen-bond acceptors (Lipinski definition) is 3. The van der Waals surface area contributed by atoms with Crippen LogP contribution in [-0.2, 0) is 10.0 Å². The lowest BCUT2D eigenvalue weighted by atomic mass is 10.1. The molecule has 4 nitrogen and oxygen atoms in total. The molecular weight excluding hydrogens is 454 g/mol. The van der Waals surface area contributed by atoms with Crippen molar-refractivity contribution >= 4 is 32.6 Å². The van der Waals surface area contributed by atoms with Gasteiger partial charge in [0.05, 0.1) is 4.90 Å². The largest absolute Gasteiger partial charge is 0.305 e. The number of benzene rings is 2. The highest BCUT2D eigenvalue weighted by Gasteiger charge is 2.34. The lowest BCUT2D eigenvalue weighted by Gasteiger charge is -2.21. The Hall–Kier alpha value is -1.03. The first-order valence-electron chi connectivity index (χ1n) is 8.01. The van der Waals surface area contributed by atoms with Gasteiger partial charge in [0, 0.05) is 22.7 Å². The Balaban J connectivity index is 1.90. The average molecular weight is 474 g/mol. The van der Waals surface area contributed by atoms with Crippen LogP contribution in [0, 0.1) is 9.39 Å². The molecule has 2 aromatic carbocycles. The Labute approximate surface area is 161 Å². The molecule has 1 fully saturated rings. The van der Waals surface area contributed by atoms with Crippen molar-refractivity contribution in [2.24, 2.45) is 0 Å². The van der Waals surface area contributed by atoms with E-state index in [9.17, 15) is 12.8 Å². The van der Waals surface area contributed by atoms with E-state index in [1.54, 1.807) is 28.6 Å². The van der Waals surface area contributed by atoms with Gasteiger partial charge in [-0.05, 0) is 78.5 Å². The third-order valence-electron chi connectivity index (χ3n) is 4.56. The summed E-state index contributed by atoms with van der Waals surface area (Å²) >= 11 is 2.04. The first-order valence-corrected chi connectivity index (χ1v) is 10.5. The third-order valence-corrected chi connectivity index (χ3v) is 7.75. The predicted octanol–water partition coefficient (Wildman–Crippen LogP) is 3.42. The number of hydrogen-bond donors (Lipinski definition) is 0. The maximum Gasteiger partial charge on any atom is 0.244 e. The van der Waals surface area contributed by atoms with Crippen LogP contribution in [0.4, 0.5) is 4.39 Å². The SMILES string of the molecule is CN(C)[C@@H]1CCN(S(=O)(=O)c2ccc(-c3cccc(F)c3)cc2I)C1. The van der Waals surface area contributed by atoms with E-state index >= 15 is 0 Å². The van der Waals surface area contributed by atoms with E-state index in [1.807, 2.05) is 42.8 Å². The zero-order valence-electron chi connectivity index (χ0n) is 14.1. The van der Waals surface area contributed by atoms with Crippen molar-refractivity contribution in [3.05, 3.63) is 51.9 Å². The maximum absolute atomic E-state index is 13.4. The summed E-state index contributed by atoms with van der Waals surface area (Å²) in [6.07, 6.45) is 0.837. The molecule has 0 spiro atoms. The van der Waals surface area contributed by atoms with Gasteiger partial charge in [-0.2, -0.15) is 4.31 Å². The molecule has 0 saturated carbocycles. The molecule has 3 rings (SSSR count). The van der Waals surface area contributed by atoms with Crippen molar-refractivity contribution < 1.29 is 12.8 Å². The predicted molar refractivity (Wildman–Crippen MR) is 105 cm³/mol. The lowest BCUT2D eigenvalue weighted by molar-refractivity contribution is 0.302. The molecule has 1 aliphatic heterocycles. The van der Waals surface area contributed by atoms with Crippen molar-refractivity contribution in [3.63, 3.8) is 0 Å². The van der Waals surface area contributed by atoms with E-state index in [4.69, 9.17) is 0 Å². The van der Waals surface area contributed by atoms with Gasteiger partial charge in [-0.15, -0.1) is 0 Å². The molecule has 2 aromatic rings. The Morgan fingerprint density at radius 3 is 2.48 bits per heavy atom. The van der Waals surface area contributed by atoms with E-state index in [-0.39, 0.29) is 11.9 Å². The highest BCUT2D eigenvalue weighted by molar-refractivity contribution is 14.1. The summed E-state index contributed by atoms with van der Waals surface area (Å²) < 4.78 is 41.6. The van der Waals surface area contributed by atoms with E-state index in [1.165, 1.54) is 12.1 Å². The average Bonchev–Trinajstić information content (AvgIpc) is 3.05. The third kappa shape index (κ3) is 3.89. The normalized spacial score (nSPS) is 18.8. The minimum atomic E-state index is -3.52. The van der Waals surface area contributed by atoms with Crippen molar-refractivity contribution in [2.45, 2.75) is 17.4 Å². The van der Waals surface area contributed by atoms with E-state index in [0.717, 1.165) is 17.5 Å². The number of rotatable bonds is 4. The molecule has 1 heterocycles. The van der Waals surface area contributed by atoms with E-state index < -0.39 is 10.0 Å². The molecule has 0 aliphatic carbocycles. The maximum atomic E-state index is 13.4. The Morgan fingerprint density at radius 2 is 1.88 bits per heavy atom. The standard InChI is InChI=1S/C18H20FIN2O2S/c1-21(2)16-8-9-22(12-16)25(23,24)18-7-6-14(11-17(18)20)13-4-3-5-15(19)10-13/h3-7,10-11,16H,8-9,12H2,1-2H3/t16-/m1/s1. The fourth-order valence-corrected chi connectivity index (χ4v) is 5.93. The van der Waals surface area contributed by atoms with Crippen molar-refractivity contribution in [3.8, 4) is 11.1 Å². The minimum absolute atomic E-state index is 0.249. The molecule has 134 valence electrons. The first-order chi connectivity index (χ1) is 11.8. The zero-order valence-corrected chi connectivity index (χ0v) is 17.1. The molecule has 0 bridgehead atoms. The van der Waals surface area contributed by atoms with Gasteiger partial charge < -0.3 is 4.90 Å². The molecule has 0 amide bonds. The van der Waals surface area contributed by atoms with Gasteiger partial charge in [0.1, 0.15) is 5.82 Å². The molecule has 0 unspecified atom stereocenters. The van der Waals surface area contributed by atoms with Crippen molar-refractivity contribution in [1.82, 2.24) is 9.21 Å². The second-order valence-electron chi connectivity index (χ2n) is 6.42. The summed E-state index contributed by atoms with van der Waals surface area (Å²) in [6.45, 7) is 1.05. The van der Waals surface area contributed by atoms with Crippen LogP contribution < -0.4 is 0 Å². The highest BCUT2D eigenvalue weighted by atomic mass is 127. The number of nitrogens with zero attached hydrogens (tertiary/aromatic N) is 2. The monoisotopic (exact) mass is 474 g/mol. The van der Waals surface area contributed by atoms with Gasteiger partial charge in [-0.25, -0.2) is 12.8 Å². The molecule has 1 saturated heterocycles. The summed E-state index contributed by atoms with van der Waals surface area (Å²) in [6, 6.07) is 11.7. The second kappa shape index (κ2) is 7.30. The number of likely N-dealkylation sites (N-methyl/N-ethyl adjacent to an activating group) is 1. The molecule has 1 aliphatic rings. The summed E-state index contributed by atoms with van der Waals surface area (Å²) in [5.74, 6) is -0.309. The van der Waals surface area contributed by atoms with Crippen LogP contribution in [-0.4, -0.2) is 50.8 Å². The molecule has 0 radical (unpaired) electrons. The van der Waals surface area contributed by atoms with Crippen LogP contribution in [0.5, 0.6) is 0 Å². The van der Waals surface area contributed by atoms with Gasteiger partial charge in [0.15, 0.2) is 0 Å². The van der Waals surface area contributed by atoms with E-state index in [2.05, 4.69) is 4.90 Å². The topological polar surface area (TPSA) is 40.6 Å². The molecular formula is C18H20FIN2O2S. The van der Waals surface area contributed by atoms with Gasteiger partial charge in [0.2, 0.25) is 10.0 Å². The molecule has 1 atom stereocenters. The Morgan fingerprint density at radius 1 is 1.16 bits per heavy atom. The summed E-state index contributed by atoms with van der Waals surface area (Å²) in [5.41, 5.74) is 1.53. The lowest BCUT2D eigenvalue weighted by Crippen LogP contribution is -2.34. The Kier molecular flexibility index (Phi) is 5.48. The molecule has 0 N–H and O–H groups in total. The van der Waals surface area contributed by atoms with Gasteiger partial charge in [0.25, 0.3) is 0 Å². The Bertz CT molecular complexity index is 886. The molecule has 7 heteroatoms. The summed E-state index contributed by atoms with van der Waals surface area (Å²) in [4.78, 5) is 2.38. The summed E-state index contributed by atoms with van der Waals surface area (Å²) in [7, 11) is 0.423. The molecule has 0 aromatic heterocycles. The fraction of sp³-hybridized carbons (Fsp3) is 0.333. The zero-order chi connectivity index (χ0) is 18.2. The van der Waals surface area contributed by atoms with Gasteiger partial charge >= 0.3 is 0 Å². The fourth-order valence-electron chi connectivity index (χ4n) is 3.05.